The second kappa shape index (κ2) is 10.7. The molecule has 7 heteroatoms. The summed E-state index contributed by atoms with van der Waals surface area (Å²) in [6.07, 6.45) is 2.50. The molecule has 0 aliphatic carbocycles. The summed E-state index contributed by atoms with van der Waals surface area (Å²) >= 11 is 0. The van der Waals surface area contributed by atoms with Crippen molar-refractivity contribution >= 4 is 11.8 Å². The number of carbonyl (C=O) groups excluding carboxylic acids is 2. The molecule has 31 heavy (non-hydrogen) atoms. The first-order valence-electron chi connectivity index (χ1n) is 10.5. The van der Waals surface area contributed by atoms with Crippen molar-refractivity contribution in [2.24, 2.45) is 0 Å². The van der Waals surface area contributed by atoms with Crippen LogP contribution >= 0.6 is 0 Å². The molecule has 0 unspecified atom stereocenters. The van der Waals surface area contributed by atoms with Crippen LogP contribution in [0.2, 0.25) is 0 Å². The molecular formula is C24H30N2O5. The first-order chi connectivity index (χ1) is 15.0. The number of nitrogens with one attached hydrogen (secondary N) is 1. The van der Waals surface area contributed by atoms with Gasteiger partial charge >= 0.3 is 0 Å². The van der Waals surface area contributed by atoms with Gasteiger partial charge in [-0.05, 0) is 49.1 Å². The van der Waals surface area contributed by atoms with Crippen LogP contribution in [0.4, 0.5) is 0 Å². The Morgan fingerprint density at radius 3 is 2.29 bits per heavy atom. The molecule has 1 N–H and O–H groups in total. The summed E-state index contributed by atoms with van der Waals surface area (Å²) in [5.41, 5.74) is 1.59. The van der Waals surface area contributed by atoms with Gasteiger partial charge in [-0.25, -0.2) is 0 Å². The van der Waals surface area contributed by atoms with Gasteiger partial charge in [0.25, 0.3) is 5.91 Å². The number of nitrogens with zero attached hydrogens (tertiary/aromatic N) is 1. The van der Waals surface area contributed by atoms with E-state index in [0.29, 0.717) is 48.7 Å². The van der Waals surface area contributed by atoms with E-state index in [1.807, 2.05) is 35.2 Å². The zero-order valence-electron chi connectivity index (χ0n) is 18.3. The molecule has 166 valence electrons. The molecular weight excluding hydrogens is 396 g/mol. The average molecular weight is 427 g/mol. The fourth-order valence-corrected chi connectivity index (χ4v) is 3.81. The molecule has 2 aromatic rings. The molecule has 0 saturated carbocycles. The van der Waals surface area contributed by atoms with E-state index in [4.69, 9.17) is 14.2 Å². The van der Waals surface area contributed by atoms with Crippen molar-refractivity contribution < 1.29 is 23.8 Å². The van der Waals surface area contributed by atoms with E-state index in [2.05, 4.69) is 5.32 Å². The van der Waals surface area contributed by atoms with Crippen molar-refractivity contribution in [2.45, 2.75) is 31.7 Å². The van der Waals surface area contributed by atoms with E-state index in [1.54, 1.807) is 33.5 Å². The standard InChI is InChI=1S/C24H30N2O5/c1-29-20-7-5-4-6-19(20)24(28)26-14-12-18(13-15-26)25-23(27)11-9-17-8-10-21(30-2)22(16-17)31-3/h4-8,10,16,18H,9,11-15H2,1-3H3,(H,25,27). The molecule has 0 spiro atoms. The minimum absolute atomic E-state index is 0.0179. The van der Waals surface area contributed by atoms with Crippen LogP contribution in [0.1, 0.15) is 35.2 Å². The SMILES string of the molecule is COc1ccc(CCC(=O)NC2CCN(C(=O)c3ccccc3OC)CC2)cc1OC. The third kappa shape index (κ3) is 5.69. The number of piperidine rings is 1. The molecule has 0 bridgehead atoms. The fourth-order valence-electron chi connectivity index (χ4n) is 3.81. The van der Waals surface area contributed by atoms with Crippen LogP contribution in [-0.2, 0) is 11.2 Å². The van der Waals surface area contributed by atoms with Gasteiger partial charge < -0.3 is 24.4 Å². The lowest BCUT2D eigenvalue weighted by Gasteiger charge is -2.32. The lowest BCUT2D eigenvalue weighted by molar-refractivity contribution is -0.122. The molecule has 0 radical (unpaired) electrons. The summed E-state index contributed by atoms with van der Waals surface area (Å²) in [5.74, 6) is 1.90. The van der Waals surface area contributed by atoms with Crippen LogP contribution in [0.3, 0.4) is 0 Å². The molecule has 1 aliphatic heterocycles. The maximum Gasteiger partial charge on any atom is 0.257 e. The summed E-state index contributed by atoms with van der Waals surface area (Å²) in [4.78, 5) is 27.0. The monoisotopic (exact) mass is 426 g/mol. The maximum atomic E-state index is 12.8. The minimum atomic E-state index is -0.0318. The van der Waals surface area contributed by atoms with Crippen molar-refractivity contribution in [3.8, 4) is 17.2 Å². The van der Waals surface area contributed by atoms with Crippen LogP contribution in [-0.4, -0.2) is 57.2 Å². The number of rotatable bonds is 8. The average Bonchev–Trinajstić information content (AvgIpc) is 2.82. The Morgan fingerprint density at radius 1 is 0.935 bits per heavy atom. The molecule has 0 atom stereocenters. The van der Waals surface area contributed by atoms with Gasteiger partial charge in [-0.1, -0.05) is 18.2 Å². The third-order valence-electron chi connectivity index (χ3n) is 5.57. The van der Waals surface area contributed by atoms with E-state index >= 15 is 0 Å². The first-order valence-corrected chi connectivity index (χ1v) is 10.5. The maximum absolute atomic E-state index is 12.8. The molecule has 1 fully saturated rings. The highest BCUT2D eigenvalue weighted by Gasteiger charge is 2.26. The highest BCUT2D eigenvalue weighted by atomic mass is 16.5. The molecule has 1 heterocycles. The van der Waals surface area contributed by atoms with E-state index in [1.165, 1.54) is 0 Å². The largest absolute Gasteiger partial charge is 0.496 e. The van der Waals surface area contributed by atoms with Crippen LogP contribution in [0.25, 0.3) is 0 Å². The van der Waals surface area contributed by atoms with Gasteiger partial charge in [0.05, 0.1) is 26.9 Å². The summed E-state index contributed by atoms with van der Waals surface area (Å²) in [5, 5.41) is 3.10. The molecule has 2 amide bonds. The van der Waals surface area contributed by atoms with E-state index in [0.717, 1.165) is 18.4 Å². The smallest absolute Gasteiger partial charge is 0.257 e. The number of aryl methyl sites for hydroxylation is 1. The summed E-state index contributed by atoms with van der Waals surface area (Å²) in [6.45, 7) is 1.22. The van der Waals surface area contributed by atoms with E-state index in [-0.39, 0.29) is 17.9 Å². The minimum Gasteiger partial charge on any atom is -0.496 e. The topological polar surface area (TPSA) is 77.1 Å². The molecule has 7 nitrogen and oxygen atoms in total. The van der Waals surface area contributed by atoms with Gasteiger partial charge in [0.15, 0.2) is 11.5 Å². The zero-order chi connectivity index (χ0) is 22.2. The van der Waals surface area contributed by atoms with Crippen molar-refractivity contribution in [1.82, 2.24) is 10.2 Å². The second-order valence-corrected chi connectivity index (χ2v) is 7.52. The Kier molecular flexibility index (Phi) is 7.76. The highest BCUT2D eigenvalue weighted by molar-refractivity contribution is 5.97. The molecule has 2 aromatic carbocycles. The van der Waals surface area contributed by atoms with Gasteiger partial charge in [0.2, 0.25) is 5.91 Å². The number of methoxy groups -OCH3 is 3. The first kappa shape index (κ1) is 22.5. The number of carbonyl (C=O) groups is 2. The normalized spacial score (nSPS) is 14.1. The summed E-state index contributed by atoms with van der Waals surface area (Å²) < 4.78 is 15.9. The van der Waals surface area contributed by atoms with E-state index < -0.39 is 0 Å². The zero-order valence-corrected chi connectivity index (χ0v) is 18.3. The number of hydrogen-bond donors (Lipinski definition) is 1. The number of amides is 2. The van der Waals surface area contributed by atoms with Gasteiger partial charge in [-0.15, -0.1) is 0 Å². The fraction of sp³-hybridized carbons (Fsp3) is 0.417. The Morgan fingerprint density at radius 2 is 1.61 bits per heavy atom. The molecule has 1 saturated heterocycles. The predicted molar refractivity (Wildman–Crippen MR) is 118 cm³/mol. The van der Waals surface area contributed by atoms with Gasteiger partial charge in [-0.2, -0.15) is 0 Å². The number of para-hydroxylation sites is 1. The number of ether oxygens (including phenoxy) is 3. The number of benzene rings is 2. The third-order valence-corrected chi connectivity index (χ3v) is 5.57. The predicted octanol–water partition coefficient (Wildman–Crippen LogP) is 3.07. The lowest BCUT2D eigenvalue weighted by atomic mass is 10.0. The Balaban J connectivity index is 1.46. The Labute approximate surface area is 183 Å². The molecule has 1 aliphatic rings. The quantitative estimate of drug-likeness (QED) is 0.702. The van der Waals surface area contributed by atoms with Crippen LogP contribution < -0.4 is 19.5 Å². The number of likely N-dealkylation sites (tertiary alicyclic amines) is 1. The molecule has 3 rings (SSSR count). The van der Waals surface area contributed by atoms with Crippen LogP contribution in [0.15, 0.2) is 42.5 Å². The van der Waals surface area contributed by atoms with Crippen LogP contribution in [0.5, 0.6) is 17.2 Å². The van der Waals surface area contributed by atoms with Crippen molar-refractivity contribution in [3.63, 3.8) is 0 Å². The van der Waals surface area contributed by atoms with Crippen molar-refractivity contribution in [1.29, 1.82) is 0 Å². The molecule has 0 aromatic heterocycles. The van der Waals surface area contributed by atoms with E-state index in [9.17, 15) is 9.59 Å². The van der Waals surface area contributed by atoms with Gasteiger partial charge in [0.1, 0.15) is 5.75 Å². The van der Waals surface area contributed by atoms with Gasteiger partial charge in [-0.3, -0.25) is 9.59 Å². The Hall–Kier alpha value is -3.22. The van der Waals surface area contributed by atoms with Gasteiger partial charge in [0, 0.05) is 25.6 Å². The second-order valence-electron chi connectivity index (χ2n) is 7.52. The van der Waals surface area contributed by atoms with Crippen LogP contribution in [0, 0.1) is 0 Å². The highest BCUT2D eigenvalue weighted by Crippen LogP contribution is 2.28. The Bertz CT molecular complexity index is 907. The summed E-state index contributed by atoms with van der Waals surface area (Å²) in [7, 11) is 4.76. The van der Waals surface area contributed by atoms with Crippen molar-refractivity contribution in [3.05, 3.63) is 53.6 Å². The number of hydrogen-bond acceptors (Lipinski definition) is 5. The lowest BCUT2D eigenvalue weighted by Crippen LogP contribution is -2.46. The van der Waals surface area contributed by atoms with Crippen molar-refractivity contribution in [2.75, 3.05) is 34.4 Å². The summed E-state index contributed by atoms with van der Waals surface area (Å²) in [6, 6.07) is 13.0.